The van der Waals surface area contributed by atoms with Crippen LogP contribution in [0.15, 0.2) is 23.2 Å². The molecular weight excluding hydrogens is 281 g/mol. The van der Waals surface area contributed by atoms with Gasteiger partial charge in [0.05, 0.1) is 16.1 Å². The smallest absolute Gasteiger partial charge is 0.189 e. The van der Waals surface area contributed by atoms with Crippen molar-refractivity contribution in [2.75, 3.05) is 0 Å². The molecule has 0 saturated heterocycles. The zero-order chi connectivity index (χ0) is 13.4. The first-order valence-electron chi connectivity index (χ1n) is 6.68. The molecule has 5 heteroatoms. The average Bonchev–Trinajstić information content (AvgIpc) is 3.07. The van der Waals surface area contributed by atoms with Crippen LogP contribution < -0.4 is 11.1 Å². The molecule has 1 aromatic rings. The third-order valence-electron chi connectivity index (χ3n) is 3.89. The predicted molar refractivity (Wildman–Crippen MR) is 80.0 cm³/mol. The Balaban J connectivity index is 1.60. The number of nitrogens with zero attached hydrogens (tertiary/aromatic N) is 1. The summed E-state index contributed by atoms with van der Waals surface area (Å²) in [6.07, 6.45) is 4.74. The fraction of sp³-hybridized carbons (Fsp3) is 0.500. The number of rotatable bonds is 3. The van der Waals surface area contributed by atoms with Crippen LogP contribution in [0.2, 0.25) is 10.0 Å². The molecule has 2 aliphatic rings. The van der Waals surface area contributed by atoms with Gasteiger partial charge in [-0.3, -0.25) is 0 Å². The first-order chi connectivity index (χ1) is 9.13. The second kappa shape index (κ2) is 5.22. The Hall–Kier alpha value is -0.930. The molecule has 0 heterocycles. The predicted octanol–water partition coefficient (Wildman–Crippen LogP) is 3.31. The minimum Gasteiger partial charge on any atom is -0.370 e. The quantitative estimate of drug-likeness (QED) is 0.664. The molecule has 0 amide bonds. The van der Waals surface area contributed by atoms with Crippen LogP contribution >= 0.6 is 23.2 Å². The molecule has 0 radical (unpaired) electrons. The van der Waals surface area contributed by atoms with Crippen LogP contribution in [-0.2, 0) is 0 Å². The number of hydrogen-bond donors (Lipinski definition) is 2. The van der Waals surface area contributed by atoms with E-state index in [-0.39, 0.29) is 6.04 Å². The Morgan fingerprint density at radius 2 is 2.05 bits per heavy atom. The van der Waals surface area contributed by atoms with E-state index >= 15 is 0 Å². The zero-order valence-electron chi connectivity index (χ0n) is 10.6. The first-order valence-corrected chi connectivity index (χ1v) is 7.44. The highest BCUT2D eigenvalue weighted by Crippen LogP contribution is 2.44. The molecule has 0 aromatic heterocycles. The van der Waals surface area contributed by atoms with Gasteiger partial charge in [0.25, 0.3) is 0 Å². The Bertz CT molecular complexity index is 511. The lowest BCUT2D eigenvalue weighted by Gasteiger charge is -2.26. The summed E-state index contributed by atoms with van der Waals surface area (Å²) in [4.78, 5) is 4.53. The van der Waals surface area contributed by atoms with E-state index in [0.29, 0.717) is 28.0 Å². The van der Waals surface area contributed by atoms with E-state index in [2.05, 4.69) is 10.3 Å². The van der Waals surface area contributed by atoms with E-state index in [9.17, 15) is 0 Å². The lowest BCUT2D eigenvalue weighted by atomic mass is 9.93. The second-order valence-electron chi connectivity index (χ2n) is 5.37. The van der Waals surface area contributed by atoms with E-state index in [0.717, 1.165) is 6.42 Å². The summed E-state index contributed by atoms with van der Waals surface area (Å²) in [5.41, 5.74) is 7.11. The minimum atomic E-state index is 0.282. The molecule has 3 nitrogen and oxygen atoms in total. The van der Waals surface area contributed by atoms with Crippen molar-refractivity contribution in [3.05, 3.63) is 33.8 Å². The van der Waals surface area contributed by atoms with Gasteiger partial charge in [0.2, 0.25) is 0 Å². The molecule has 2 saturated carbocycles. The maximum absolute atomic E-state index is 6.03. The van der Waals surface area contributed by atoms with Crippen LogP contribution in [0.25, 0.3) is 0 Å². The van der Waals surface area contributed by atoms with Gasteiger partial charge in [0.1, 0.15) is 0 Å². The van der Waals surface area contributed by atoms with E-state index < -0.39 is 0 Å². The van der Waals surface area contributed by atoms with Crippen LogP contribution in [0.5, 0.6) is 0 Å². The number of hydrogen-bond acceptors (Lipinski definition) is 1. The Labute approximate surface area is 123 Å². The Kier molecular flexibility index (Phi) is 3.59. The highest BCUT2D eigenvalue weighted by atomic mass is 35.5. The van der Waals surface area contributed by atoms with Crippen molar-refractivity contribution in [3.63, 3.8) is 0 Å². The standard InChI is InChI=1S/C14H17Cl2N3/c15-11-5-4-8(6-12(11)16)10-7-13(10)19-14(17)18-9-2-1-3-9/h4-6,9-10,13H,1-3,7H2,(H3,17,18,19)/t10-,13+/m0/s1. The second-order valence-corrected chi connectivity index (χ2v) is 6.18. The molecule has 102 valence electrons. The summed E-state index contributed by atoms with van der Waals surface area (Å²) in [5, 5.41) is 4.46. The van der Waals surface area contributed by atoms with Crippen molar-refractivity contribution < 1.29 is 0 Å². The summed E-state index contributed by atoms with van der Waals surface area (Å²) in [7, 11) is 0. The average molecular weight is 298 g/mol. The number of aliphatic imine (C=N–C) groups is 1. The monoisotopic (exact) mass is 297 g/mol. The van der Waals surface area contributed by atoms with Crippen LogP contribution in [0.3, 0.4) is 0 Å². The normalized spacial score (nSPS) is 26.9. The van der Waals surface area contributed by atoms with E-state index in [4.69, 9.17) is 28.9 Å². The van der Waals surface area contributed by atoms with Gasteiger partial charge in [-0.15, -0.1) is 0 Å². The number of nitrogens with one attached hydrogen (secondary N) is 1. The van der Waals surface area contributed by atoms with Gasteiger partial charge in [-0.25, -0.2) is 4.99 Å². The molecule has 1 aromatic carbocycles. The third kappa shape index (κ3) is 2.98. The van der Waals surface area contributed by atoms with E-state index in [1.165, 1.54) is 24.8 Å². The van der Waals surface area contributed by atoms with Gasteiger partial charge in [0.15, 0.2) is 5.96 Å². The van der Waals surface area contributed by atoms with E-state index in [1.54, 1.807) is 0 Å². The van der Waals surface area contributed by atoms with Crippen molar-refractivity contribution in [1.82, 2.24) is 5.32 Å². The third-order valence-corrected chi connectivity index (χ3v) is 4.63. The van der Waals surface area contributed by atoms with Crippen LogP contribution in [0, 0.1) is 0 Å². The van der Waals surface area contributed by atoms with Crippen LogP contribution in [0.1, 0.15) is 37.2 Å². The lowest BCUT2D eigenvalue weighted by Crippen LogP contribution is -2.43. The van der Waals surface area contributed by atoms with Gasteiger partial charge >= 0.3 is 0 Å². The molecule has 2 fully saturated rings. The molecule has 0 bridgehead atoms. The fourth-order valence-electron chi connectivity index (χ4n) is 2.40. The number of benzene rings is 1. The van der Waals surface area contributed by atoms with Crippen molar-refractivity contribution in [2.24, 2.45) is 10.7 Å². The van der Waals surface area contributed by atoms with Gasteiger partial charge in [-0.1, -0.05) is 29.3 Å². The van der Waals surface area contributed by atoms with Crippen molar-refractivity contribution >= 4 is 29.2 Å². The summed E-state index contributed by atoms with van der Waals surface area (Å²) < 4.78 is 0. The van der Waals surface area contributed by atoms with Gasteiger partial charge in [-0.2, -0.15) is 0 Å². The largest absolute Gasteiger partial charge is 0.370 e. The summed E-state index contributed by atoms with van der Waals surface area (Å²) in [6.45, 7) is 0. The lowest BCUT2D eigenvalue weighted by molar-refractivity contribution is 0.382. The Morgan fingerprint density at radius 3 is 2.68 bits per heavy atom. The van der Waals surface area contributed by atoms with Gasteiger partial charge in [0, 0.05) is 12.0 Å². The summed E-state index contributed by atoms with van der Waals surface area (Å²) in [6, 6.07) is 6.61. The zero-order valence-corrected chi connectivity index (χ0v) is 12.1. The summed E-state index contributed by atoms with van der Waals surface area (Å²) >= 11 is 11.9. The Morgan fingerprint density at radius 1 is 1.26 bits per heavy atom. The van der Waals surface area contributed by atoms with Crippen molar-refractivity contribution in [1.29, 1.82) is 0 Å². The molecule has 3 N–H and O–H groups in total. The highest BCUT2D eigenvalue weighted by molar-refractivity contribution is 6.42. The number of guanidine groups is 1. The molecule has 0 unspecified atom stereocenters. The summed E-state index contributed by atoms with van der Waals surface area (Å²) in [5.74, 6) is 1.01. The molecule has 2 aliphatic carbocycles. The fourth-order valence-corrected chi connectivity index (χ4v) is 2.71. The number of nitrogens with two attached hydrogens (primary N) is 1. The van der Waals surface area contributed by atoms with Gasteiger partial charge in [-0.05, 0) is 43.4 Å². The molecule has 19 heavy (non-hydrogen) atoms. The SMILES string of the molecule is NC(=N[C@@H]1C[C@H]1c1ccc(Cl)c(Cl)c1)NC1CCC1. The number of halogens is 2. The molecule has 0 spiro atoms. The van der Waals surface area contributed by atoms with E-state index in [1.807, 2.05) is 18.2 Å². The van der Waals surface area contributed by atoms with Crippen LogP contribution in [0.4, 0.5) is 0 Å². The van der Waals surface area contributed by atoms with Crippen molar-refractivity contribution in [3.8, 4) is 0 Å². The van der Waals surface area contributed by atoms with Crippen molar-refractivity contribution in [2.45, 2.75) is 43.7 Å². The minimum absolute atomic E-state index is 0.282. The maximum atomic E-state index is 6.03. The molecule has 0 aliphatic heterocycles. The van der Waals surface area contributed by atoms with Crippen LogP contribution in [-0.4, -0.2) is 18.0 Å². The molecular formula is C14H17Cl2N3. The molecule has 3 rings (SSSR count). The topological polar surface area (TPSA) is 50.4 Å². The maximum Gasteiger partial charge on any atom is 0.189 e. The molecule has 2 atom stereocenters. The van der Waals surface area contributed by atoms with Gasteiger partial charge < -0.3 is 11.1 Å². The highest BCUT2D eigenvalue weighted by Gasteiger charge is 2.39. The first kappa shape index (κ1) is 13.1.